The van der Waals surface area contributed by atoms with E-state index in [1.807, 2.05) is 37.3 Å². The molecule has 0 unspecified atom stereocenters. The van der Waals surface area contributed by atoms with Gasteiger partial charge in [0.2, 0.25) is 11.6 Å². The van der Waals surface area contributed by atoms with Crippen molar-refractivity contribution in [1.82, 2.24) is 9.97 Å². The van der Waals surface area contributed by atoms with Crippen LogP contribution in [0.25, 0.3) is 0 Å². The lowest BCUT2D eigenvalue weighted by Crippen LogP contribution is -2.08. The topological polar surface area (TPSA) is 118 Å². The van der Waals surface area contributed by atoms with Gasteiger partial charge in [-0.15, -0.1) is 0 Å². The average molecular weight is 377 g/mol. The van der Waals surface area contributed by atoms with Crippen LogP contribution in [0.4, 0.5) is 34.4 Å². The second kappa shape index (κ2) is 9.17. The summed E-state index contributed by atoms with van der Waals surface area (Å²) in [6, 6.07) is 16.4. The van der Waals surface area contributed by atoms with Crippen molar-refractivity contribution in [3.05, 3.63) is 71.0 Å². The predicted octanol–water partition coefficient (Wildman–Crippen LogP) is 5.37. The van der Waals surface area contributed by atoms with Crippen LogP contribution < -0.4 is 10.6 Å². The van der Waals surface area contributed by atoms with Gasteiger partial charge in [0.25, 0.3) is 0 Å². The molecule has 9 heteroatoms. The van der Waals surface area contributed by atoms with Crippen LogP contribution in [0, 0.1) is 10.1 Å². The van der Waals surface area contributed by atoms with Gasteiger partial charge in [-0.05, 0) is 42.8 Å². The minimum Gasteiger partial charge on any atom is -0.364 e. The quantitative estimate of drug-likeness (QED) is 0.310. The van der Waals surface area contributed by atoms with Crippen molar-refractivity contribution < 1.29 is 4.92 Å². The SMILES string of the molecule is CCCNc1ncnc(Nc2ccc(N=Nc3ccccc3)cc2)c1[N+](=O)[O-]. The zero-order valence-electron chi connectivity index (χ0n) is 15.2. The van der Waals surface area contributed by atoms with Crippen LogP contribution in [0.15, 0.2) is 71.2 Å². The Morgan fingerprint density at radius 2 is 1.61 bits per heavy atom. The smallest absolute Gasteiger partial charge is 0.353 e. The molecule has 28 heavy (non-hydrogen) atoms. The molecule has 2 N–H and O–H groups in total. The molecule has 0 atom stereocenters. The molecule has 0 bridgehead atoms. The van der Waals surface area contributed by atoms with Crippen LogP contribution in [0.5, 0.6) is 0 Å². The zero-order valence-corrected chi connectivity index (χ0v) is 15.2. The third-order valence-electron chi connectivity index (χ3n) is 3.71. The first kappa shape index (κ1) is 18.9. The molecule has 1 aromatic heterocycles. The van der Waals surface area contributed by atoms with E-state index in [1.165, 1.54) is 6.33 Å². The summed E-state index contributed by atoms with van der Waals surface area (Å²) in [5, 5.41) is 25.7. The Morgan fingerprint density at radius 3 is 2.25 bits per heavy atom. The summed E-state index contributed by atoms with van der Waals surface area (Å²) >= 11 is 0. The Bertz CT molecular complexity index is 960. The lowest BCUT2D eigenvalue weighted by molar-refractivity contribution is -0.383. The summed E-state index contributed by atoms with van der Waals surface area (Å²) < 4.78 is 0. The van der Waals surface area contributed by atoms with Crippen molar-refractivity contribution in [2.45, 2.75) is 13.3 Å². The molecule has 0 amide bonds. The molecule has 9 nitrogen and oxygen atoms in total. The van der Waals surface area contributed by atoms with Crippen molar-refractivity contribution in [3.8, 4) is 0 Å². The normalized spacial score (nSPS) is 10.8. The second-order valence-electron chi connectivity index (χ2n) is 5.81. The fourth-order valence-corrected chi connectivity index (χ4v) is 2.37. The molecule has 3 aromatic rings. The third kappa shape index (κ3) is 4.85. The van der Waals surface area contributed by atoms with E-state index in [0.717, 1.165) is 12.1 Å². The standard InChI is InChI=1S/C19H19N7O2/c1-2-12-20-18-17(26(27)28)19(22-13-21-18)23-14-8-10-16(11-9-14)25-24-15-6-4-3-5-7-15/h3-11,13H,2,12H2,1H3,(H2,20,21,22,23). The summed E-state index contributed by atoms with van der Waals surface area (Å²) in [7, 11) is 0. The largest absolute Gasteiger partial charge is 0.364 e. The number of anilines is 3. The van der Waals surface area contributed by atoms with Crippen molar-refractivity contribution >= 4 is 34.4 Å². The van der Waals surface area contributed by atoms with Crippen LogP contribution >= 0.6 is 0 Å². The Labute approximate surface area is 161 Å². The molecule has 0 aliphatic carbocycles. The highest BCUT2D eigenvalue weighted by atomic mass is 16.6. The van der Waals surface area contributed by atoms with E-state index >= 15 is 0 Å². The van der Waals surface area contributed by atoms with E-state index in [9.17, 15) is 10.1 Å². The fourth-order valence-electron chi connectivity index (χ4n) is 2.37. The molecule has 0 saturated carbocycles. The molecule has 0 aliphatic rings. The Kier molecular flexibility index (Phi) is 6.19. The molecule has 0 fully saturated rings. The number of nitro groups is 1. The van der Waals surface area contributed by atoms with Gasteiger partial charge in [0.05, 0.1) is 16.3 Å². The van der Waals surface area contributed by atoms with Gasteiger partial charge in [0.15, 0.2) is 0 Å². The molecule has 3 rings (SSSR count). The first-order valence-electron chi connectivity index (χ1n) is 8.74. The molecule has 0 saturated heterocycles. The molecular formula is C19H19N7O2. The maximum atomic E-state index is 11.5. The minimum absolute atomic E-state index is 0.122. The van der Waals surface area contributed by atoms with Gasteiger partial charge in [-0.25, -0.2) is 9.97 Å². The highest BCUT2D eigenvalue weighted by molar-refractivity contribution is 5.74. The Balaban J connectivity index is 1.77. The summed E-state index contributed by atoms with van der Waals surface area (Å²) in [6.45, 7) is 2.55. The van der Waals surface area contributed by atoms with Crippen LogP contribution in [-0.4, -0.2) is 21.4 Å². The summed E-state index contributed by atoms with van der Waals surface area (Å²) in [6.07, 6.45) is 2.11. The number of rotatable bonds is 8. The molecule has 0 spiro atoms. The van der Waals surface area contributed by atoms with Crippen molar-refractivity contribution in [3.63, 3.8) is 0 Å². The van der Waals surface area contributed by atoms with Gasteiger partial charge >= 0.3 is 5.69 Å². The fraction of sp³-hybridized carbons (Fsp3) is 0.158. The number of azo groups is 1. The average Bonchev–Trinajstić information content (AvgIpc) is 2.72. The maximum Gasteiger partial charge on any atom is 0.353 e. The Hall–Kier alpha value is -3.88. The van der Waals surface area contributed by atoms with Crippen molar-refractivity contribution in [2.75, 3.05) is 17.2 Å². The molecule has 1 heterocycles. The van der Waals surface area contributed by atoms with Gasteiger partial charge in [0, 0.05) is 12.2 Å². The van der Waals surface area contributed by atoms with Gasteiger partial charge in [-0.3, -0.25) is 10.1 Å². The minimum atomic E-state index is -0.497. The van der Waals surface area contributed by atoms with Gasteiger partial charge in [-0.2, -0.15) is 10.2 Å². The van der Waals surface area contributed by atoms with Crippen LogP contribution in [0.1, 0.15) is 13.3 Å². The van der Waals surface area contributed by atoms with E-state index in [2.05, 4.69) is 30.8 Å². The van der Waals surface area contributed by atoms with Crippen LogP contribution in [-0.2, 0) is 0 Å². The molecule has 0 radical (unpaired) electrons. The number of hydrogen-bond donors (Lipinski definition) is 2. The highest BCUT2D eigenvalue weighted by Crippen LogP contribution is 2.31. The number of nitrogens with one attached hydrogen (secondary N) is 2. The van der Waals surface area contributed by atoms with Gasteiger partial charge < -0.3 is 10.6 Å². The third-order valence-corrected chi connectivity index (χ3v) is 3.71. The lowest BCUT2D eigenvalue weighted by atomic mass is 10.3. The molecule has 142 valence electrons. The summed E-state index contributed by atoms with van der Waals surface area (Å²) in [4.78, 5) is 19.0. The monoisotopic (exact) mass is 377 g/mol. The highest BCUT2D eigenvalue weighted by Gasteiger charge is 2.22. The first-order valence-corrected chi connectivity index (χ1v) is 8.74. The summed E-state index contributed by atoms with van der Waals surface area (Å²) in [5.74, 6) is 0.315. The van der Waals surface area contributed by atoms with E-state index < -0.39 is 4.92 Å². The Morgan fingerprint density at radius 1 is 0.964 bits per heavy atom. The van der Waals surface area contributed by atoms with Crippen molar-refractivity contribution in [2.24, 2.45) is 10.2 Å². The predicted molar refractivity (Wildman–Crippen MR) is 108 cm³/mol. The van der Waals surface area contributed by atoms with E-state index in [0.29, 0.717) is 17.9 Å². The van der Waals surface area contributed by atoms with Gasteiger partial charge in [0.1, 0.15) is 6.33 Å². The number of nitrogens with zero attached hydrogens (tertiary/aromatic N) is 5. The number of hydrogen-bond acceptors (Lipinski definition) is 8. The van der Waals surface area contributed by atoms with E-state index in [-0.39, 0.29) is 17.3 Å². The number of aromatic nitrogens is 2. The van der Waals surface area contributed by atoms with Crippen molar-refractivity contribution in [1.29, 1.82) is 0 Å². The summed E-state index contributed by atoms with van der Waals surface area (Å²) in [5.41, 5.74) is 1.87. The number of benzene rings is 2. The molecular weight excluding hydrogens is 358 g/mol. The first-order chi connectivity index (χ1) is 13.7. The lowest BCUT2D eigenvalue weighted by Gasteiger charge is -2.09. The van der Waals surface area contributed by atoms with E-state index in [1.54, 1.807) is 24.3 Å². The zero-order chi connectivity index (χ0) is 19.8. The van der Waals surface area contributed by atoms with Gasteiger partial charge in [-0.1, -0.05) is 25.1 Å². The second-order valence-corrected chi connectivity index (χ2v) is 5.81. The molecule has 2 aromatic carbocycles. The maximum absolute atomic E-state index is 11.5. The van der Waals surface area contributed by atoms with E-state index in [4.69, 9.17) is 0 Å². The van der Waals surface area contributed by atoms with Crippen LogP contribution in [0.2, 0.25) is 0 Å². The molecule has 0 aliphatic heterocycles. The van der Waals surface area contributed by atoms with Crippen LogP contribution in [0.3, 0.4) is 0 Å².